The van der Waals surface area contributed by atoms with E-state index in [1.54, 1.807) is 6.92 Å². The van der Waals surface area contributed by atoms with Gasteiger partial charge in [-0.05, 0) is 6.42 Å². The molecule has 0 spiro atoms. The molecular weight excluding hydrogens is 140 g/mol. The minimum Gasteiger partial charge on any atom is -0.304 e. The van der Waals surface area contributed by atoms with Gasteiger partial charge < -0.3 is 4.84 Å². The van der Waals surface area contributed by atoms with Crippen molar-refractivity contribution in [2.45, 2.75) is 25.7 Å². The van der Waals surface area contributed by atoms with Crippen molar-refractivity contribution in [1.29, 1.82) is 0 Å². The van der Waals surface area contributed by atoms with Gasteiger partial charge in [-0.1, -0.05) is 6.92 Å². The summed E-state index contributed by atoms with van der Waals surface area (Å²) in [7, 11) is 0. The average molecular weight is 151 g/mol. The minimum atomic E-state index is -2.54. The number of nitrogens with two attached hydrogens (primary N) is 1. The number of hydrogen-bond acceptors (Lipinski definition) is 2. The predicted octanol–water partition coefficient (Wildman–Crippen LogP) is 1.31. The lowest BCUT2D eigenvalue weighted by Gasteiger charge is -2.10. The normalized spacial score (nSPS) is 36.0. The Morgan fingerprint density at radius 3 is 2.20 bits per heavy atom. The van der Waals surface area contributed by atoms with Crippen molar-refractivity contribution in [3.63, 3.8) is 0 Å². The second-order valence-corrected chi connectivity index (χ2v) is 2.83. The summed E-state index contributed by atoms with van der Waals surface area (Å²) in [6.07, 6.45) is 0.352. The smallest absolute Gasteiger partial charge is 0.257 e. The fourth-order valence-electron chi connectivity index (χ4n) is 1.18. The van der Waals surface area contributed by atoms with Crippen LogP contribution in [-0.2, 0) is 4.84 Å². The molecular formula is C6H11F2NO. The third-order valence-electron chi connectivity index (χ3n) is 2.25. The van der Waals surface area contributed by atoms with E-state index in [1.807, 2.05) is 0 Å². The van der Waals surface area contributed by atoms with Crippen LogP contribution < -0.4 is 5.90 Å². The van der Waals surface area contributed by atoms with E-state index in [2.05, 4.69) is 4.84 Å². The Hall–Kier alpha value is -0.220. The van der Waals surface area contributed by atoms with E-state index in [9.17, 15) is 8.78 Å². The third kappa shape index (κ3) is 0.914. The zero-order chi connectivity index (χ0) is 7.83. The van der Waals surface area contributed by atoms with Crippen molar-refractivity contribution in [1.82, 2.24) is 0 Å². The average Bonchev–Trinajstić information content (AvgIpc) is 2.37. The highest BCUT2D eigenvalue weighted by atomic mass is 19.3. The first-order valence-electron chi connectivity index (χ1n) is 3.27. The van der Waals surface area contributed by atoms with E-state index in [1.165, 1.54) is 0 Å². The van der Waals surface area contributed by atoms with Crippen molar-refractivity contribution >= 4 is 0 Å². The van der Waals surface area contributed by atoms with Crippen molar-refractivity contribution < 1.29 is 13.6 Å². The Kier molecular flexibility index (Phi) is 1.68. The molecule has 2 N–H and O–H groups in total. The molecule has 10 heavy (non-hydrogen) atoms. The van der Waals surface area contributed by atoms with Crippen LogP contribution in [0.2, 0.25) is 0 Å². The molecule has 0 aromatic carbocycles. The van der Waals surface area contributed by atoms with Gasteiger partial charge in [0.15, 0.2) is 0 Å². The largest absolute Gasteiger partial charge is 0.304 e. The summed E-state index contributed by atoms with van der Waals surface area (Å²) in [4.78, 5) is 4.22. The number of alkyl halides is 2. The number of halogens is 2. The predicted molar refractivity (Wildman–Crippen MR) is 32.4 cm³/mol. The zero-order valence-corrected chi connectivity index (χ0v) is 5.86. The van der Waals surface area contributed by atoms with Gasteiger partial charge in [0.25, 0.3) is 5.92 Å². The molecule has 0 heterocycles. The molecule has 60 valence electrons. The Morgan fingerprint density at radius 2 is 2.10 bits per heavy atom. The summed E-state index contributed by atoms with van der Waals surface area (Å²) in [5.41, 5.74) is -0.943. The van der Waals surface area contributed by atoms with Crippen molar-refractivity contribution in [3.8, 4) is 0 Å². The molecule has 0 amide bonds. The second-order valence-electron chi connectivity index (χ2n) is 2.83. The van der Waals surface area contributed by atoms with Crippen LogP contribution in [-0.4, -0.2) is 12.5 Å². The Bertz CT molecular complexity index is 140. The Balaban J connectivity index is 2.50. The molecule has 2 nitrogen and oxygen atoms in total. The Labute approximate surface area is 58.3 Å². The van der Waals surface area contributed by atoms with E-state index in [0.717, 1.165) is 0 Å². The van der Waals surface area contributed by atoms with Gasteiger partial charge >= 0.3 is 0 Å². The van der Waals surface area contributed by atoms with Crippen molar-refractivity contribution in [2.24, 2.45) is 11.3 Å². The van der Waals surface area contributed by atoms with Crippen LogP contribution in [0.1, 0.15) is 19.8 Å². The van der Waals surface area contributed by atoms with E-state index in [0.29, 0.717) is 6.42 Å². The molecule has 0 aromatic rings. The van der Waals surface area contributed by atoms with Crippen LogP contribution in [0.3, 0.4) is 0 Å². The molecule has 4 heteroatoms. The maximum Gasteiger partial charge on any atom is 0.257 e. The quantitative estimate of drug-likeness (QED) is 0.617. The van der Waals surface area contributed by atoms with Crippen LogP contribution in [0.4, 0.5) is 8.78 Å². The molecule has 0 bridgehead atoms. The van der Waals surface area contributed by atoms with Crippen LogP contribution in [0, 0.1) is 5.41 Å². The van der Waals surface area contributed by atoms with Gasteiger partial charge in [-0.25, -0.2) is 14.7 Å². The monoisotopic (exact) mass is 151 g/mol. The topological polar surface area (TPSA) is 35.2 Å². The van der Waals surface area contributed by atoms with Gasteiger partial charge in [0.05, 0.1) is 12.0 Å². The van der Waals surface area contributed by atoms with Crippen molar-refractivity contribution in [2.75, 3.05) is 6.61 Å². The standard InChI is InChI=1S/C6H11F2NO/c1-2-5(4-10-9)3-6(5,7)8/h2-4,9H2,1H3. The molecule has 0 aliphatic heterocycles. The summed E-state index contributed by atoms with van der Waals surface area (Å²) < 4.78 is 25.0. The van der Waals surface area contributed by atoms with Gasteiger partial charge in [0, 0.05) is 6.42 Å². The third-order valence-corrected chi connectivity index (χ3v) is 2.25. The molecule has 0 radical (unpaired) electrons. The molecule has 1 fully saturated rings. The van der Waals surface area contributed by atoms with Crippen LogP contribution in [0.25, 0.3) is 0 Å². The summed E-state index contributed by atoms with van der Waals surface area (Å²) in [6.45, 7) is 1.69. The van der Waals surface area contributed by atoms with E-state index < -0.39 is 11.3 Å². The van der Waals surface area contributed by atoms with Gasteiger partial charge in [0.2, 0.25) is 0 Å². The second kappa shape index (κ2) is 2.13. The van der Waals surface area contributed by atoms with Crippen molar-refractivity contribution in [3.05, 3.63) is 0 Å². The lowest BCUT2D eigenvalue weighted by atomic mass is 10.1. The van der Waals surface area contributed by atoms with Gasteiger partial charge in [-0.3, -0.25) is 0 Å². The highest BCUT2D eigenvalue weighted by Gasteiger charge is 2.69. The van der Waals surface area contributed by atoms with E-state index in [-0.39, 0.29) is 13.0 Å². The first-order chi connectivity index (χ1) is 4.58. The number of hydrogen-bond donors (Lipinski definition) is 1. The lowest BCUT2D eigenvalue weighted by Crippen LogP contribution is -2.19. The highest BCUT2D eigenvalue weighted by molar-refractivity contribution is 5.09. The van der Waals surface area contributed by atoms with E-state index in [4.69, 9.17) is 5.90 Å². The molecule has 1 saturated carbocycles. The highest BCUT2D eigenvalue weighted by Crippen LogP contribution is 2.62. The molecule has 1 aliphatic carbocycles. The molecule has 1 aliphatic rings. The first kappa shape index (κ1) is 7.88. The molecule has 0 aromatic heterocycles. The molecule has 1 unspecified atom stereocenters. The lowest BCUT2D eigenvalue weighted by molar-refractivity contribution is 0.00619. The molecule has 0 saturated heterocycles. The maximum absolute atomic E-state index is 12.5. The van der Waals surface area contributed by atoms with Crippen LogP contribution in [0.15, 0.2) is 0 Å². The van der Waals surface area contributed by atoms with Crippen LogP contribution >= 0.6 is 0 Å². The fourth-order valence-corrected chi connectivity index (χ4v) is 1.18. The summed E-state index contributed by atoms with van der Waals surface area (Å²) in [6, 6.07) is 0. The molecule has 1 rings (SSSR count). The first-order valence-corrected chi connectivity index (χ1v) is 3.27. The minimum absolute atomic E-state index is 0.0312. The van der Waals surface area contributed by atoms with Gasteiger partial charge in [-0.15, -0.1) is 0 Å². The summed E-state index contributed by atoms with van der Waals surface area (Å²) >= 11 is 0. The van der Waals surface area contributed by atoms with Gasteiger partial charge in [-0.2, -0.15) is 0 Å². The molecule has 1 atom stereocenters. The zero-order valence-electron chi connectivity index (χ0n) is 5.86. The van der Waals surface area contributed by atoms with Crippen LogP contribution in [0.5, 0.6) is 0 Å². The van der Waals surface area contributed by atoms with Gasteiger partial charge in [0.1, 0.15) is 0 Å². The number of rotatable bonds is 3. The summed E-state index contributed by atoms with van der Waals surface area (Å²) in [5, 5.41) is 0. The summed E-state index contributed by atoms with van der Waals surface area (Å²) in [5.74, 6) is 2.18. The SMILES string of the molecule is CCC1(CON)CC1(F)F. The Morgan fingerprint density at radius 1 is 1.60 bits per heavy atom. The fraction of sp³-hybridized carbons (Fsp3) is 1.00. The maximum atomic E-state index is 12.5. The van der Waals surface area contributed by atoms with E-state index >= 15 is 0 Å².